The molecule has 2 atom stereocenters. The fourth-order valence-corrected chi connectivity index (χ4v) is 3.35. The summed E-state index contributed by atoms with van der Waals surface area (Å²) in [6.45, 7) is 9.22. The number of carbonyl (C=O) groups is 2. The Balaban J connectivity index is 2.43. The molecule has 0 radical (unpaired) electrons. The summed E-state index contributed by atoms with van der Waals surface area (Å²) in [6.07, 6.45) is 1.11. The van der Waals surface area contributed by atoms with E-state index in [2.05, 4.69) is 13.8 Å². The van der Waals surface area contributed by atoms with Gasteiger partial charge in [0, 0.05) is 13.1 Å². The van der Waals surface area contributed by atoms with E-state index >= 15 is 0 Å². The second kappa shape index (κ2) is 5.88. The van der Waals surface area contributed by atoms with Gasteiger partial charge >= 0.3 is 5.97 Å². The van der Waals surface area contributed by atoms with E-state index in [-0.39, 0.29) is 11.5 Å². The van der Waals surface area contributed by atoms with Gasteiger partial charge in [0.05, 0.1) is 11.1 Å². The van der Waals surface area contributed by atoms with Crippen LogP contribution in [-0.4, -0.2) is 35.0 Å². The van der Waals surface area contributed by atoms with Gasteiger partial charge in [0.2, 0.25) is 0 Å². The van der Waals surface area contributed by atoms with E-state index in [0.717, 1.165) is 12.0 Å². The summed E-state index contributed by atoms with van der Waals surface area (Å²) in [4.78, 5) is 26.2. The molecule has 2 unspecified atom stereocenters. The number of rotatable bonds is 2. The third kappa shape index (κ3) is 3.09. The number of carboxylic acid groups (broad SMARTS) is 1. The maximum atomic E-state index is 12.9. The molecular formula is C17H23NO3. The Labute approximate surface area is 125 Å². The smallest absolute Gasteiger partial charge is 0.336 e. The SMILES string of the molecule is Cc1ccc(C)c(C(=O)N2CC(C)CC(C)C2)c1C(=O)O. The molecule has 1 saturated heterocycles. The molecule has 1 fully saturated rings. The first-order chi connectivity index (χ1) is 9.81. The summed E-state index contributed by atoms with van der Waals surface area (Å²) in [7, 11) is 0. The molecule has 0 saturated carbocycles. The number of carbonyl (C=O) groups excluding carboxylic acids is 1. The summed E-state index contributed by atoms with van der Waals surface area (Å²) in [5.41, 5.74) is 1.86. The van der Waals surface area contributed by atoms with Gasteiger partial charge in [-0.25, -0.2) is 4.79 Å². The predicted octanol–water partition coefficient (Wildman–Crippen LogP) is 3.12. The zero-order valence-electron chi connectivity index (χ0n) is 13.1. The molecule has 1 aliphatic heterocycles. The van der Waals surface area contributed by atoms with E-state index < -0.39 is 5.97 Å². The summed E-state index contributed by atoms with van der Waals surface area (Å²) in [5, 5.41) is 9.45. The zero-order valence-corrected chi connectivity index (χ0v) is 13.1. The van der Waals surface area contributed by atoms with E-state index in [1.807, 2.05) is 11.0 Å². The van der Waals surface area contributed by atoms with Crippen LogP contribution in [0.15, 0.2) is 12.1 Å². The fraction of sp³-hybridized carbons (Fsp3) is 0.529. The van der Waals surface area contributed by atoms with Gasteiger partial charge in [-0.1, -0.05) is 26.0 Å². The Hall–Kier alpha value is -1.84. The van der Waals surface area contributed by atoms with Crippen molar-refractivity contribution in [2.45, 2.75) is 34.1 Å². The average Bonchev–Trinajstić information content (AvgIpc) is 2.38. The van der Waals surface area contributed by atoms with E-state index in [1.54, 1.807) is 19.9 Å². The molecule has 1 aliphatic rings. The number of hydrogen-bond donors (Lipinski definition) is 1. The average molecular weight is 289 g/mol. The van der Waals surface area contributed by atoms with Gasteiger partial charge in [0.15, 0.2) is 0 Å². The Bertz CT molecular complexity index is 570. The van der Waals surface area contributed by atoms with Crippen LogP contribution in [0.1, 0.15) is 52.1 Å². The highest BCUT2D eigenvalue weighted by Crippen LogP contribution is 2.26. The molecule has 1 heterocycles. The first-order valence-corrected chi connectivity index (χ1v) is 7.44. The second-order valence-electron chi connectivity index (χ2n) is 6.41. The summed E-state index contributed by atoms with van der Waals surface area (Å²) < 4.78 is 0. The van der Waals surface area contributed by atoms with Crippen LogP contribution in [0.25, 0.3) is 0 Å². The Morgan fingerprint density at radius 3 is 2.00 bits per heavy atom. The number of hydrogen-bond acceptors (Lipinski definition) is 2. The number of piperidine rings is 1. The molecule has 21 heavy (non-hydrogen) atoms. The van der Waals surface area contributed by atoms with Crippen LogP contribution in [-0.2, 0) is 0 Å². The van der Waals surface area contributed by atoms with Crippen molar-refractivity contribution >= 4 is 11.9 Å². The first kappa shape index (κ1) is 15.5. The maximum absolute atomic E-state index is 12.9. The van der Waals surface area contributed by atoms with E-state index in [1.165, 1.54) is 0 Å². The number of nitrogens with zero attached hydrogens (tertiary/aromatic N) is 1. The predicted molar refractivity (Wildman–Crippen MR) is 81.7 cm³/mol. The molecule has 1 aromatic carbocycles. The van der Waals surface area contributed by atoms with Crippen LogP contribution >= 0.6 is 0 Å². The summed E-state index contributed by atoms with van der Waals surface area (Å²) >= 11 is 0. The lowest BCUT2D eigenvalue weighted by atomic mass is 9.90. The van der Waals surface area contributed by atoms with Gasteiger partial charge in [-0.15, -0.1) is 0 Å². The van der Waals surface area contributed by atoms with Crippen LogP contribution in [0.3, 0.4) is 0 Å². The third-order valence-corrected chi connectivity index (χ3v) is 4.21. The Morgan fingerprint density at radius 1 is 1.05 bits per heavy atom. The van der Waals surface area contributed by atoms with Gasteiger partial charge in [-0.3, -0.25) is 4.79 Å². The highest BCUT2D eigenvalue weighted by molar-refractivity contribution is 6.06. The molecule has 1 aromatic rings. The number of benzene rings is 1. The minimum absolute atomic E-state index is 0.144. The second-order valence-corrected chi connectivity index (χ2v) is 6.41. The van der Waals surface area contributed by atoms with Crippen LogP contribution in [0, 0.1) is 25.7 Å². The molecule has 2 rings (SSSR count). The van der Waals surface area contributed by atoms with Gasteiger partial charge in [-0.2, -0.15) is 0 Å². The molecule has 0 aliphatic carbocycles. The van der Waals surface area contributed by atoms with Crippen LogP contribution in [0.2, 0.25) is 0 Å². The van der Waals surface area contributed by atoms with Crippen molar-refractivity contribution in [2.24, 2.45) is 11.8 Å². The third-order valence-electron chi connectivity index (χ3n) is 4.21. The zero-order chi connectivity index (χ0) is 15.7. The summed E-state index contributed by atoms with van der Waals surface area (Å²) in [5.74, 6) is -0.267. The van der Waals surface area contributed by atoms with E-state index in [4.69, 9.17) is 0 Å². The van der Waals surface area contributed by atoms with Crippen LogP contribution in [0.5, 0.6) is 0 Å². The number of likely N-dealkylation sites (tertiary alicyclic amines) is 1. The normalized spacial score (nSPS) is 22.2. The molecule has 1 N–H and O–H groups in total. The molecule has 1 amide bonds. The summed E-state index contributed by atoms with van der Waals surface area (Å²) in [6, 6.07) is 3.59. The lowest BCUT2D eigenvalue weighted by molar-refractivity contribution is 0.0603. The molecule has 114 valence electrons. The molecule has 0 aromatic heterocycles. The maximum Gasteiger partial charge on any atom is 0.336 e. The van der Waals surface area contributed by atoms with Crippen molar-refractivity contribution < 1.29 is 14.7 Å². The topological polar surface area (TPSA) is 57.6 Å². The number of aryl methyl sites for hydroxylation is 2. The molecule has 4 heteroatoms. The number of aromatic carboxylic acids is 1. The van der Waals surface area contributed by atoms with Crippen LogP contribution in [0.4, 0.5) is 0 Å². The quantitative estimate of drug-likeness (QED) is 0.910. The van der Waals surface area contributed by atoms with E-state index in [0.29, 0.717) is 36.1 Å². The van der Waals surface area contributed by atoms with Crippen LogP contribution < -0.4 is 0 Å². The number of carboxylic acids is 1. The van der Waals surface area contributed by atoms with Crippen molar-refractivity contribution in [3.8, 4) is 0 Å². The van der Waals surface area contributed by atoms with Gasteiger partial charge in [0.1, 0.15) is 0 Å². The van der Waals surface area contributed by atoms with Gasteiger partial charge < -0.3 is 10.0 Å². The lowest BCUT2D eigenvalue weighted by Crippen LogP contribution is -2.43. The van der Waals surface area contributed by atoms with Crippen molar-refractivity contribution in [1.82, 2.24) is 4.90 Å². The monoisotopic (exact) mass is 289 g/mol. The lowest BCUT2D eigenvalue weighted by Gasteiger charge is -2.35. The van der Waals surface area contributed by atoms with Crippen molar-refractivity contribution in [3.63, 3.8) is 0 Å². The van der Waals surface area contributed by atoms with E-state index in [9.17, 15) is 14.7 Å². The Morgan fingerprint density at radius 2 is 1.52 bits per heavy atom. The fourth-order valence-electron chi connectivity index (χ4n) is 3.35. The first-order valence-electron chi connectivity index (χ1n) is 7.44. The molecule has 4 nitrogen and oxygen atoms in total. The minimum atomic E-state index is -1.03. The highest BCUT2D eigenvalue weighted by atomic mass is 16.4. The minimum Gasteiger partial charge on any atom is -0.478 e. The molecule has 0 spiro atoms. The van der Waals surface area contributed by atoms with Gasteiger partial charge in [-0.05, 0) is 43.2 Å². The van der Waals surface area contributed by atoms with Crippen molar-refractivity contribution in [1.29, 1.82) is 0 Å². The highest BCUT2D eigenvalue weighted by Gasteiger charge is 2.30. The van der Waals surface area contributed by atoms with Crippen molar-refractivity contribution in [2.75, 3.05) is 13.1 Å². The number of amides is 1. The molecule has 0 bridgehead atoms. The largest absolute Gasteiger partial charge is 0.478 e. The molecular weight excluding hydrogens is 266 g/mol. The van der Waals surface area contributed by atoms with Gasteiger partial charge in [0.25, 0.3) is 5.91 Å². The van der Waals surface area contributed by atoms with Crippen molar-refractivity contribution in [3.05, 3.63) is 34.4 Å². The Kier molecular flexibility index (Phi) is 4.35. The standard InChI is InChI=1S/C17H23NO3/c1-10-7-11(2)9-18(8-10)16(19)14-12(3)5-6-13(4)15(14)17(20)21/h5-6,10-11H,7-9H2,1-4H3,(H,20,21).